The molecule has 2 aromatic heterocycles. The van der Waals surface area contributed by atoms with Crippen LogP contribution in [0.5, 0.6) is 0 Å². The lowest BCUT2D eigenvalue weighted by atomic mass is 9.98. The number of aromatic amines is 1. The molecule has 8 nitrogen and oxygen atoms in total. The minimum absolute atomic E-state index is 0.0113. The van der Waals surface area contributed by atoms with E-state index in [0.717, 1.165) is 25.9 Å². The molecule has 148 valence electrons. The number of fused-ring (bicyclic) bond motifs is 1. The fourth-order valence-electron chi connectivity index (χ4n) is 3.42. The predicted octanol–water partition coefficient (Wildman–Crippen LogP) is 1.86. The molecule has 0 spiro atoms. The van der Waals surface area contributed by atoms with E-state index in [-0.39, 0.29) is 22.9 Å². The minimum atomic E-state index is -0.259. The van der Waals surface area contributed by atoms with Crippen LogP contribution in [0.2, 0.25) is 0 Å². The zero-order valence-electron chi connectivity index (χ0n) is 16.9. The molecule has 0 bridgehead atoms. The maximum absolute atomic E-state index is 12.5. The van der Waals surface area contributed by atoms with Crippen molar-refractivity contribution in [3.05, 3.63) is 16.6 Å². The number of amides is 1. The van der Waals surface area contributed by atoms with Crippen LogP contribution in [0.3, 0.4) is 0 Å². The monoisotopic (exact) mass is 374 g/mol. The van der Waals surface area contributed by atoms with Crippen LogP contribution >= 0.6 is 0 Å². The van der Waals surface area contributed by atoms with Gasteiger partial charge in [0.15, 0.2) is 5.65 Å². The van der Waals surface area contributed by atoms with Gasteiger partial charge in [-0.3, -0.25) is 14.6 Å². The molecular formula is C19H30N6O2. The van der Waals surface area contributed by atoms with Gasteiger partial charge in [0.2, 0.25) is 11.9 Å². The summed E-state index contributed by atoms with van der Waals surface area (Å²) in [5.74, 6) is 0.991. The van der Waals surface area contributed by atoms with E-state index in [1.165, 1.54) is 0 Å². The number of hydrogen-bond donors (Lipinski definition) is 2. The fourth-order valence-corrected chi connectivity index (χ4v) is 3.42. The number of aromatic nitrogens is 4. The molecule has 0 radical (unpaired) electrons. The Morgan fingerprint density at radius 3 is 2.81 bits per heavy atom. The second-order valence-electron chi connectivity index (χ2n) is 8.71. The van der Waals surface area contributed by atoms with Crippen LogP contribution in [0.25, 0.3) is 11.0 Å². The van der Waals surface area contributed by atoms with E-state index in [1.54, 1.807) is 10.9 Å². The molecule has 27 heavy (non-hydrogen) atoms. The van der Waals surface area contributed by atoms with Crippen molar-refractivity contribution in [2.24, 2.45) is 11.8 Å². The Morgan fingerprint density at radius 2 is 2.15 bits per heavy atom. The summed E-state index contributed by atoms with van der Waals surface area (Å²) in [4.78, 5) is 34.1. The summed E-state index contributed by atoms with van der Waals surface area (Å²) >= 11 is 0. The van der Waals surface area contributed by atoms with Gasteiger partial charge >= 0.3 is 0 Å². The van der Waals surface area contributed by atoms with E-state index in [2.05, 4.69) is 20.3 Å². The van der Waals surface area contributed by atoms with Crippen molar-refractivity contribution >= 4 is 22.9 Å². The molecule has 0 aromatic carbocycles. The highest BCUT2D eigenvalue weighted by molar-refractivity contribution is 5.77. The molecule has 1 aliphatic rings. The highest BCUT2D eigenvalue weighted by atomic mass is 16.1. The van der Waals surface area contributed by atoms with Gasteiger partial charge in [0.05, 0.1) is 11.7 Å². The molecule has 2 aromatic rings. The standard InChI is InChI=1S/C19H30N6O2/c1-12(2)16(26)20-9-13-7-6-8-24(11-13)18-22-15-14(17(27)23-18)10-21-25(15)19(3,4)5/h10,12-13H,6-9,11H2,1-5H3,(H,20,26)(H,22,23,27). The number of rotatable bonds is 4. The second-order valence-corrected chi connectivity index (χ2v) is 8.71. The smallest absolute Gasteiger partial charge is 0.263 e. The first-order valence-corrected chi connectivity index (χ1v) is 9.68. The number of carbonyl (C=O) groups excluding carboxylic acids is 1. The Hall–Kier alpha value is -2.38. The van der Waals surface area contributed by atoms with Crippen LogP contribution in [-0.4, -0.2) is 45.3 Å². The number of anilines is 1. The van der Waals surface area contributed by atoms with Gasteiger partial charge in [0, 0.05) is 25.6 Å². The van der Waals surface area contributed by atoms with Crippen molar-refractivity contribution < 1.29 is 4.79 Å². The normalized spacial score (nSPS) is 18.3. The van der Waals surface area contributed by atoms with Crippen molar-refractivity contribution in [1.29, 1.82) is 0 Å². The first-order chi connectivity index (χ1) is 12.7. The largest absolute Gasteiger partial charge is 0.356 e. The van der Waals surface area contributed by atoms with Crippen LogP contribution < -0.4 is 15.8 Å². The summed E-state index contributed by atoms with van der Waals surface area (Å²) in [7, 11) is 0. The topological polar surface area (TPSA) is 95.9 Å². The van der Waals surface area contributed by atoms with E-state index in [9.17, 15) is 9.59 Å². The zero-order valence-corrected chi connectivity index (χ0v) is 16.9. The van der Waals surface area contributed by atoms with Crippen molar-refractivity contribution in [3.63, 3.8) is 0 Å². The van der Waals surface area contributed by atoms with Crippen molar-refractivity contribution in [2.45, 2.75) is 53.0 Å². The number of nitrogens with zero attached hydrogens (tertiary/aromatic N) is 4. The van der Waals surface area contributed by atoms with E-state index in [1.807, 2.05) is 34.6 Å². The van der Waals surface area contributed by atoms with Crippen LogP contribution in [0, 0.1) is 11.8 Å². The number of piperidine rings is 1. The second kappa shape index (κ2) is 7.32. The molecule has 1 atom stereocenters. The van der Waals surface area contributed by atoms with E-state index in [0.29, 0.717) is 29.4 Å². The third-order valence-electron chi connectivity index (χ3n) is 4.97. The van der Waals surface area contributed by atoms with Gasteiger partial charge in [0.25, 0.3) is 5.56 Å². The van der Waals surface area contributed by atoms with Crippen molar-refractivity contribution in [2.75, 3.05) is 24.5 Å². The lowest BCUT2D eigenvalue weighted by molar-refractivity contribution is -0.124. The summed E-state index contributed by atoms with van der Waals surface area (Å²) in [5.41, 5.74) is 0.183. The molecule has 1 aliphatic heterocycles. The summed E-state index contributed by atoms with van der Waals surface area (Å²) in [6, 6.07) is 0. The van der Waals surface area contributed by atoms with Gasteiger partial charge in [-0.2, -0.15) is 10.1 Å². The molecule has 3 heterocycles. The molecule has 2 N–H and O–H groups in total. The third-order valence-corrected chi connectivity index (χ3v) is 4.97. The fraction of sp³-hybridized carbons (Fsp3) is 0.684. The molecular weight excluding hydrogens is 344 g/mol. The summed E-state index contributed by atoms with van der Waals surface area (Å²) < 4.78 is 1.80. The van der Waals surface area contributed by atoms with E-state index >= 15 is 0 Å². The molecule has 0 aliphatic carbocycles. The lowest BCUT2D eigenvalue weighted by Crippen LogP contribution is -2.42. The molecule has 1 fully saturated rings. The minimum Gasteiger partial charge on any atom is -0.356 e. The van der Waals surface area contributed by atoms with Gasteiger partial charge in [-0.25, -0.2) is 4.68 Å². The molecule has 0 saturated carbocycles. The molecule has 8 heteroatoms. The van der Waals surface area contributed by atoms with Crippen molar-refractivity contribution in [1.82, 2.24) is 25.1 Å². The van der Waals surface area contributed by atoms with E-state index in [4.69, 9.17) is 4.98 Å². The van der Waals surface area contributed by atoms with Crippen molar-refractivity contribution in [3.8, 4) is 0 Å². The summed E-state index contributed by atoms with van der Waals surface area (Å²) in [6.45, 7) is 12.2. The molecule has 1 amide bonds. The zero-order chi connectivity index (χ0) is 19.8. The SMILES string of the molecule is CC(C)C(=O)NCC1CCCN(c2nc3c(cnn3C(C)(C)C)c(=O)[nH]2)C1. The Balaban J connectivity index is 1.82. The highest BCUT2D eigenvalue weighted by Crippen LogP contribution is 2.23. The van der Waals surface area contributed by atoms with Gasteiger partial charge in [-0.1, -0.05) is 13.8 Å². The lowest BCUT2D eigenvalue weighted by Gasteiger charge is -2.33. The first kappa shape index (κ1) is 19.4. The number of H-pyrrole nitrogens is 1. The number of hydrogen-bond acceptors (Lipinski definition) is 5. The molecule has 1 saturated heterocycles. The number of nitrogens with one attached hydrogen (secondary N) is 2. The van der Waals surface area contributed by atoms with Crippen LogP contribution in [0.4, 0.5) is 5.95 Å². The summed E-state index contributed by atoms with van der Waals surface area (Å²) in [5, 5.41) is 7.89. The van der Waals surface area contributed by atoms with Gasteiger partial charge in [-0.15, -0.1) is 0 Å². The first-order valence-electron chi connectivity index (χ1n) is 9.68. The van der Waals surface area contributed by atoms with Gasteiger partial charge < -0.3 is 10.2 Å². The van der Waals surface area contributed by atoms with Crippen LogP contribution in [-0.2, 0) is 10.3 Å². The Kier molecular flexibility index (Phi) is 5.26. The van der Waals surface area contributed by atoms with Gasteiger partial charge in [-0.05, 0) is 39.5 Å². The molecule has 1 unspecified atom stereocenters. The van der Waals surface area contributed by atoms with Crippen LogP contribution in [0.15, 0.2) is 11.0 Å². The number of carbonyl (C=O) groups is 1. The average molecular weight is 374 g/mol. The quantitative estimate of drug-likeness (QED) is 0.852. The highest BCUT2D eigenvalue weighted by Gasteiger charge is 2.25. The molecule has 3 rings (SSSR count). The van der Waals surface area contributed by atoms with Crippen LogP contribution in [0.1, 0.15) is 47.5 Å². The Morgan fingerprint density at radius 1 is 1.41 bits per heavy atom. The van der Waals surface area contributed by atoms with E-state index < -0.39 is 0 Å². The predicted molar refractivity (Wildman–Crippen MR) is 106 cm³/mol. The Labute approximate surface area is 159 Å². The summed E-state index contributed by atoms with van der Waals surface area (Å²) in [6.07, 6.45) is 3.64. The Bertz CT molecular complexity index is 876. The average Bonchev–Trinajstić information content (AvgIpc) is 3.04. The maximum Gasteiger partial charge on any atom is 0.263 e. The van der Waals surface area contributed by atoms with Gasteiger partial charge in [0.1, 0.15) is 5.39 Å². The third kappa shape index (κ3) is 4.14. The maximum atomic E-state index is 12.5.